The van der Waals surface area contributed by atoms with E-state index in [9.17, 15) is 0 Å². The molecule has 8 aromatic carbocycles. The highest BCUT2D eigenvalue weighted by atomic mass is 28.3. The van der Waals surface area contributed by atoms with Crippen molar-refractivity contribution in [2.24, 2.45) is 0 Å². The van der Waals surface area contributed by atoms with Crippen LogP contribution in [0, 0.1) is 0 Å². The normalized spacial score (nSPS) is 12.4. The van der Waals surface area contributed by atoms with E-state index in [-0.39, 0.29) is 0 Å². The Morgan fingerprint density at radius 3 is 1.34 bits per heavy atom. The van der Waals surface area contributed by atoms with Crippen molar-refractivity contribution in [1.82, 2.24) is 32.9 Å². The molecule has 0 atom stereocenters. The number of hydrogen-bond acceptors (Lipinski definition) is 4. The van der Waals surface area contributed by atoms with Crippen LogP contribution in [0.25, 0.3) is 89.3 Å². The number of aromatic nitrogens is 7. The topological polar surface area (TPSA) is 70.5 Å². The molecular formula is C55H35N7OSi. The van der Waals surface area contributed by atoms with Gasteiger partial charge in [0.2, 0.25) is 11.6 Å². The van der Waals surface area contributed by atoms with Crippen molar-refractivity contribution in [3.63, 3.8) is 0 Å². The first kappa shape index (κ1) is 35.1. The van der Waals surface area contributed by atoms with Gasteiger partial charge in [-0.15, -0.1) is 0 Å². The second-order valence-corrected chi connectivity index (χ2v) is 20.3. The Morgan fingerprint density at radius 2 is 0.781 bits per heavy atom. The standard InChI is InChI=1S/C55H35N7OSi/c1-3-17-36(18-4-1)64(37-19-5-2-6-20-37,38-31-32-51-41(33-38)40-21-7-16-30-50(40)63-51)39-34-52(61-48-28-14-12-26-46(48)59-44-24-10-8-22-42(44)56-54(59)61)58-53(35-39)62-49-29-15-13-27-47(49)60-45-25-11-9-23-43(45)57-55(60)62/h1-35H. The van der Waals surface area contributed by atoms with Crippen molar-refractivity contribution < 1.29 is 4.42 Å². The molecule has 0 spiro atoms. The minimum Gasteiger partial charge on any atom is -0.456 e. The van der Waals surface area contributed by atoms with Crippen molar-refractivity contribution in [2.45, 2.75) is 0 Å². The molecule has 6 aromatic heterocycles. The van der Waals surface area contributed by atoms with Gasteiger partial charge in [-0.2, -0.15) is 0 Å². The fourth-order valence-electron chi connectivity index (χ4n) is 10.4. The Kier molecular flexibility index (Phi) is 7.26. The molecule has 0 N–H and O–H groups in total. The van der Waals surface area contributed by atoms with Crippen LogP contribution in [-0.4, -0.2) is 41.0 Å². The lowest BCUT2D eigenvalue weighted by Crippen LogP contribution is -2.74. The minimum atomic E-state index is -3.26. The van der Waals surface area contributed by atoms with Crippen LogP contribution in [0.4, 0.5) is 0 Å². The second-order valence-electron chi connectivity index (χ2n) is 16.5. The van der Waals surface area contributed by atoms with E-state index in [0.717, 1.165) is 94.4 Å². The number of imidazole rings is 4. The number of para-hydroxylation sites is 9. The summed E-state index contributed by atoms with van der Waals surface area (Å²) in [5.41, 5.74) is 9.82. The molecule has 0 saturated carbocycles. The molecule has 0 radical (unpaired) electrons. The summed E-state index contributed by atoms with van der Waals surface area (Å²) in [6.45, 7) is 0. The molecule has 14 rings (SSSR count). The SMILES string of the molecule is c1ccc([Si](c2ccccc2)(c2cc(-n3c4ccccc4n4c5ccccc5nc34)nc(-n3c4ccccc4n4c5ccccc5nc34)c2)c2ccc3oc4ccccc4c3c2)cc1. The third-order valence-electron chi connectivity index (χ3n) is 13.1. The van der Waals surface area contributed by atoms with E-state index in [1.165, 1.54) is 15.6 Å². The maximum absolute atomic E-state index is 6.47. The maximum Gasteiger partial charge on any atom is 0.221 e. The van der Waals surface area contributed by atoms with Crippen LogP contribution in [0.5, 0.6) is 0 Å². The van der Waals surface area contributed by atoms with Crippen LogP contribution in [-0.2, 0) is 0 Å². The van der Waals surface area contributed by atoms with E-state index in [1.54, 1.807) is 0 Å². The highest BCUT2D eigenvalue weighted by Crippen LogP contribution is 2.33. The van der Waals surface area contributed by atoms with Crippen LogP contribution < -0.4 is 20.7 Å². The van der Waals surface area contributed by atoms with Crippen LogP contribution in [0.2, 0.25) is 0 Å². The van der Waals surface area contributed by atoms with Gasteiger partial charge in [0.05, 0.1) is 44.1 Å². The van der Waals surface area contributed by atoms with E-state index in [1.807, 2.05) is 6.07 Å². The fraction of sp³-hybridized carbons (Fsp3) is 0. The molecular weight excluding hydrogens is 803 g/mol. The fourth-order valence-corrected chi connectivity index (χ4v) is 15.2. The maximum atomic E-state index is 6.47. The Labute approximate surface area is 366 Å². The van der Waals surface area contributed by atoms with Crippen molar-refractivity contribution in [2.75, 3.05) is 0 Å². The lowest BCUT2D eigenvalue weighted by atomic mass is 10.1. The Hall–Kier alpha value is -8.53. The van der Waals surface area contributed by atoms with Crippen molar-refractivity contribution in [3.05, 3.63) is 212 Å². The first-order chi connectivity index (χ1) is 31.7. The van der Waals surface area contributed by atoms with Crippen molar-refractivity contribution in [3.8, 4) is 11.6 Å². The number of fused-ring (bicyclic) bond motifs is 13. The molecule has 14 aromatic rings. The number of hydrogen-bond donors (Lipinski definition) is 0. The van der Waals surface area contributed by atoms with E-state index in [4.69, 9.17) is 19.4 Å². The first-order valence-corrected chi connectivity index (χ1v) is 23.5. The predicted octanol–water partition coefficient (Wildman–Crippen LogP) is 9.85. The number of pyridine rings is 1. The van der Waals surface area contributed by atoms with Gasteiger partial charge in [0, 0.05) is 10.8 Å². The van der Waals surface area contributed by atoms with Gasteiger partial charge in [0.15, 0.2) is 8.07 Å². The third kappa shape index (κ3) is 4.78. The van der Waals surface area contributed by atoms with Crippen LogP contribution in [0.3, 0.4) is 0 Å². The summed E-state index contributed by atoms with van der Waals surface area (Å²) in [5.74, 6) is 3.12. The quantitative estimate of drug-likeness (QED) is 0.124. The number of benzene rings is 8. The molecule has 8 nitrogen and oxygen atoms in total. The Morgan fingerprint density at radius 1 is 0.328 bits per heavy atom. The molecule has 0 aliphatic heterocycles. The van der Waals surface area contributed by atoms with Gasteiger partial charge in [-0.05, 0) is 93.5 Å². The van der Waals surface area contributed by atoms with Gasteiger partial charge in [0.25, 0.3) is 0 Å². The summed E-state index contributed by atoms with van der Waals surface area (Å²) >= 11 is 0. The van der Waals surface area contributed by atoms with Crippen LogP contribution in [0.15, 0.2) is 217 Å². The monoisotopic (exact) mass is 837 g/mol. The summed E-state index contributed by atoms with van der Waals surface area (Å²) in [4.78, 5) is 16.4. The molecule has 0 bridgehead atoms. The zero-order valence-corrected chi connectivity index (χ0v) is 35.2. The van der Waals surface area contributed by atoms with Gasteiger partial charge >= 0.3 is 0 Å². The molecule has 0 saturated heterocycles. The highest BCUT2D eigenvalue weighted by molar-refractivity contribution is 7.20. The Bertz CT molecular complexity index is 3950. The largest absolute Gasteiger partial charge is 0.456 e. The summed E-state index contributed by atoms with van der Waals surface area (Å²) in [7, 11) is -3.26. The zero-order chi connectivity index (χ0) is 41.9. The summed E-state index contributed by atoms with van der Waals surface area (Å²) in [5, 5.41) is 7.08. The van der Waals surface area contributed by atoms with Gasteiger partial charge in [0.1, 0.15) is 22.8 Å². The average Bonchev–Trinajstić information content (AvgIpc) is 4.16. The molecule has 300 valence electrons. The molecule has 0 unspecified atom stereocenters. The second kappa shape index (κ2) is 13.2. The molecule has 6 heterocycles. The van der Waals surface area contributed by atoms with Crippen LogP contribution in [0.1, 0.15) is 0 Å². The Balaban J connectivity index is 1.18. The van der Waals surface area contributed by atoms with E-state index >= 15 is 0 Å². The van der Waals surface area contributed by atoms with E-state index in [2.05, 4.69) is 224 Å². The van der Waals surface area contributed by atoms with E-state index in [0.29, 0.717) is 0 Å². The van der Waals surface area contributed by atoms with Gasteiger partial charge < -0.3 is 4.42 Å². The number of furan rings is 1. The van der Waals surface area contributed by atoms with Gasteiger partial charge in [-0.3, -0.25) is 17.9 Å². The molecule has 0 fully saturated rings. The summed E-state index contributed by atoms with van der Waals surface area (Å²) in [6.07, 6.45) is 0. The zero-order valence-electron chi connectivity index (χ0n) is 34.2. The predicted molar refractivity (Wildman–Crippen MR) is 261 cm³/mol. The van der Waals surface area contributed by atoms with Crippen molar-refractivity contribution >= 4 is 106 Å². The molecule has 0 amide bonds. The number of rotatable bonds is 6. The van der Waals surface area contributed by atoms with Gasteiger partial charge in [-0.25, -0.2) is 15.0 Å². The highest BCUT2D eigenvalue weighted by Gasteiger charge is 2.43. The molecule has 9 heteroatoms. The van der Waals surface area contributed by atoms with Gasteiger partial charge in [-0.1, -0.05) is 140 Å². The lowest BCUT2D eigenvalue weighted by molar-refractivity contribution is 0.669. The molecule has 0 aliphatic carbocycles. The third-order valence-corrected chi connectivity index (χ3v) is 17.9. The molecule has 64 heavy (non-hydrogen) atoms. The summed E-state index contributed by atoms with van der Waals surface area (Å²) < 4.78 is 15.5. The van der Waals surface area contributed by atoms with E-state index < -0.39 is 8.07 Å². The first-order valence-electron chi connectivity index (χ1n) is 21.5. The number of nitrogens with zero attached hydrogens (tertiary/aromatic N) is 7. The minimum absolute atomic E-state index is 0.764. The average molecular weight is 838 g/mol. The molecule has 0 aliphatic rings. The van der Waals surface area contributed by atoms with Crippen molar-refractivity contribution in [1.29, 1.82) is 0 Å². The van der Waals surface area contributed by atoms with Crippen LogP contribution >= 0.6 is 0 Å². The smallest absolute Gasteiger partial charge is 0.221 e. The lowest BCUT2D eigenvalue weighted by Gasteiger charge is -2.35. The summed E-state index contributed by atoms with van der Waals surface area (Å²) in [6, 6.07) is 75.8.